The zero-order valence-corrected chi connectivity index (χ0v) is 17.3. The topological polar surface area (TPSA) is 84.2 Å². The van der Waals surface area contributed by atoms with Gasteiger partial charge in [0, 0.05) is 17.5 Å². The Morgan fingerprint density at radius 1 is 1.25 bits per heavy atom. The normalized spacial score (nSPS) is 19.1. The lowest BCUT2D eigenvalue weighted by Gasteiger charge is -2.29. The minimum Gasteiger partial charge on any atom is -0.493 e. The number of hydrogen-bond acceptors (Lipinski definition) is 6. The highest BCUT2D eigenvalue weighted by Crippen LogP contribution is 2.33. The van der Waals surface area contributed by atoms with Crippen LogP contribution in [0.2, 0.25) is 0 Å². The summed E-state index contributed by atoms with van der Waals surface area (Å²) in [7, 11) is 3.14. The summed E-state index contributed by atoms with van der Waals surface area (Å²) in [6.07, 6.45) is 4.60. The molecule has 1 aromatic heterocycles. The third-order valence-electron chi connectivity index (χ3n) is 5.20. The van der Waals surface area contributed by atoms with E-state index in [9.17, 15) is 10.1 Å². The summed E-state index contributed by atoms with van der Waals surface area (Å²) in [6, 6.07) is 7.78. The van der Waals surface area contributed by atoms with Crippen molar-refractivity contribution in [3.8, 4) is 17.6 Å². The Kier molecular flexibility index (Phi) is 6.63. The van der Waals surface area contributed by atoms with Crippen molar-refractivity contribution in [2.75, 3.05) is 20.0 Å². The zero-order valence-electron chi connectivity index (χ0n) is 16.4. The van der Waals surface area contributed by atoms with Gasteiger partial charge in [0.25, 0.3) is 0 Å². The van der Waals surface area contributed by atoms with Gasteiger partial charge in [0.15, 0.2) is 11.5 Å². The van der Waals surface area contributed by atoms with Crippen molar-refractivity contribution in [3.63, 3.8) is 0 Å². The highest BCUT2D eigenvalue weighted by Gasteiger charge is 2.23. The third-order valence-corrected chi connectivity index (χ3v) is 6.19. The quantitative estimate of drug-likeness (QED) is 0.742. The van der Waals surface area contributed by atoms with Gasteiger partial charge in [-0.05, 0) is 30.9 Å². The van der Waals surface area contributed by atoms with E-state index in [0.717, 1.165) is 18.2 Å². The van der Waals surface area contributed by atoms with Crippen LogP contribution in [0.3, 0.4) is 0 Å². The van der Waals surface area contributed by atoms with E-state index >= 15 is 0 Å². The molecule has 0 saturated heterocycles. The number of carbonyl (C=O) groups is 1. The van der Waals surface area contributed by atoms with Crippen molar-refractivity contribution < 1.29 is 14.3 Å². The molecule has 0 radical (unpaired) electrons. The van der Waals surface area contributed by atoms with E-state index < -0.39 is 0 Å². The minimum atomic E-state index is -0.0122. The lowest BCUT2D eigenvalue weighted by molar-refractivity contribution is -0.119. The average molecular weight is 400 g/mol. The molecule has 6 nitrogen and oxygen atoms in total. The van der Waals surface area contributed by atoms with E-state index in [2.05, 4.69) is 23.3 Å². The number of nitrogens with one attached hydrogen (secondary N) is 1. The molecule has 1 N–H and O–H groups in total. The van der Waals surface area contributed by atoms with Crippen LogP contribution in [0.5, 0.6) is 11.5 Å². The van der Waals surface area contributed by atoms with Crippen LogP contribution in [0.15, 0.2) is 23.2 Å². The van der Waals surface area contributed by atoms with Crippen LogP contribution in [-0.2, 0) is 4.79 Å². The van der Waals surface area contributed by atoms with Crippen molar-refractivity contribution in [2.24, 2.45) is 5.92 Å². The van der Waals surface area contributed by atoms with E-state index in [4.69, 9.17) is 9.47 Å². The molecule has 7 heteroatoms. The highest BCUT2D eigenvalue weighted by molar-refractivity contribution is 8.00. The summed E-state index contributed by atoms with van der Waals surface area (Å²) in [5, 5.41) is 14.0. The molecule has 0 spiro atoms. The Bertz CT molecular complexity index is 910. The van der Waals surface area contributed by atoms with Crippen molar-refractivity contribution >= 4 is 28.6 Å². The largest absolute Gasteiger partial charge is 0.493 e. The molecular formula is C21H25N3O3S. The first-order chi connectivity index (χ1) is 13.5. The second kappa shape index (κ2) is 9.16. The van der Waals surface area contributed by atoms with Gasteiger partial charge >= 0.3 is 0 Å². The summed E-state index contributed by atoms with van der Waals surface area (Å²) >= 11 is 1.29. The van der Waals surface area contributed by atoms with Gasteiger partial charge in [0.2, 0.25) is 5.91 Å². The van der Waals surface area contributed by atoms with Crippen molar-refractivity contribution in [3.05, 3.63) is 23.8 Å². The molecular weight excluding hydrogens is 374 g/mol. The zero-order chi connectivity index (χ0) is 20.1. The molecule has 1 saturated carbocycles. The Morgan fingerprint density at radius 2 is 1.96 bits per heavy atom. The number of ether oxygens (including phenoxy) is 2. The van der Waals surface area contributed by atoms with Crippen LogP contribution in [-0.4, -0.2) is 36.9 Å². The van der Waals surface area contributed by atoms with Crippen LogP contribution >= 0.6 is 11.8 Å². The number of carbonyl (C=O) groups excluding carboxylic acids is 1. The number of methoxy groups -OCH3 is 2. The summed E-state index contributed by atoms with van der Waals surface area (Å²) in [4.78, 5) is 17.0. The van der Waals surface area contributed by atoms with Crippen molar-refractivity contribution in [2.45, 2.75) is 43.7 Å². The monoisotopic (exact) mass is 399 g/mol. The van der Waals surface area contributed by atoms with Crippen LogP contribution in [0.25, 0.3) is 10.9 Å². The highest BCUT2D eigenvalue weighted by atomic mass is 32.2. The van der Waals surface area contributed by atoms with E-state index in [1.807, 2.05) is 0 Å². The molecule has 1 aromatic carbocycles. The van der Waals surface area contributed by atoms with Gasteiger partial charge in [0.05, 0.1) is 31.1 Å². The first-order valence-corrected chi connectivity index (χ1v) is 10.4. The van der Waals surface area contributed by atoms with E-state index in [0.29, 0.717) is 33.5 Å². The maximum atomic E-state index is 12.4. The van der Waals surface area contributed by atoms with Gasteiger partial charge in [-0.2, -0.15) is 5.26 Å². The fourth-order valence-corrected chi connectivity index (χ4v) is 4.36. The summed E-state index contributed by atoms with van der Waals surface area (Å²) < 4.78 is 10.6. The first-order valence-electron chi connectivity index (χ1n) is 9.44. The molecule has 1 fully saturated rings. The number of aromatic nitrogens is 1. The lowest BCUT2D eigenvalue weighted by Crippen LogP contribution is -2.41. The Labute approximate surface area is 169 Å². The average Bonchev–Trinajstić information content (AvgIpc) is 2.72. The molecule has 2 unspecified atom stereocenters. The fourth-order valence-electron chi connectivity index (χ4n) is 3.59. The number of rotatable bonds is 6. The van der Waals surface area contributed by atoms with Crippen LogP contribution in [0, 0.1) is 17.2 Å². The number of fused-ring (bicyclic) bond motifs is 1. The molecule has 148 valence electrons. The Hall–Kier alpha value is -2.46. The standard InChI is InChI=1S/C21H25N3O3S/c1-13-6-4-5-7-16(13)23-20(25)12-28-21-15(11-22)8-14-9-18(26-2)19(27-3)10-17(14)24-21/h8-10,13,16H,4-7,12H2,1-3H3,(H,23,25). The molecule has 2 atom stereocenters. The Morgan fingerprint density at radius 3 is 2.64 bits per heavy atom. The lowest BCUT2D eigenvalue weighted by atomic mass is 9.86. The van der Waals surface area contributed by atoms with Crippen molar-refractivity contribution in [1.82, 2.24) is 10.3 Å². The molecule has 2 aromatic rings. The molecule has 28 heavy (non-hydrogen) atoms. The molecule has 0 aliphatic heterocycles. The van der Waals surface area contributed by atoms with Gasteiger partial charge in [-0.3, -0.25) is 4.79 Å². The van der Waals surface area contributed by atoms with Crippen molar-refractivity contribution in [1.29, 1.82) is 5.26 Å². The maximum absolute atomic E-state index is 12.4. The van der Waals surface area contributed by atoms with Crippen LogP contribution < -0.4 is 14.8 Å². The van der Waals surface area contributed by atoms with Gasteiger partial charge in [-0.1, -0.05) is 31.5 Å². The van der Waals surface area contributed by atoms with Crippen LogP contribution in [0.1, 0.15) is 38.2 Å². The van der Waals surface area contributed by atoms with E-state index in [-0.39, 0.29) is 17.7 Å². The summed E-state index contributed by atoms with van der Waals surface area (Å²) in [6.45, 7) is 2.19. The number of pyridine rings is 1. The summed E-state index contributed by atoms with van der Waals surface area (Å²) in [5.41, 5.74) is 1.14. The third kappa shape index (κ3) is 4.50. The van der Waals surface area contributed by atoms with Gasteiger partial charge in [0.1, 0.15) is 11.1 Å². The van der Waals surface area contributed by atoms with Crippen LogP contribution in [0.4, 0.5) is 0 Å². The summed E-state index contributed by atoms with van der Waals surface area (Å²) in [5.74, 6) is 1.90. The molecule has 1 aliphatic carbocycles. The van der Waals surface area contributed by atoms with E-state index in [1.165, 1.54) is 24.6 Å². The number of thioether (sulfide) groups is 1. The predicted octanol–water partition coefficient (Wildman–Crippen LogP) is 3.91. The number of benzene rings is 1. The number of nitrogens with zero attached hydrogens (tertiary/aromatic N) is 2. The molecule has 1 aliphatic rings. The Balaban J connectivity index is 1.76. The molecule has 0 bridgehead atoms. The first kappa shape index (κ1) is 20.3. The molecule has 1 amide bonds. The van der Waals surface area contributed by atoms with E-state index in [1.54, 1.807) is 32.4 Å². The second-order valence-corrected chi connectivity index (χ2v) is 8.04. The van der Waals surface area contributed by atoms with Gasteiger partial charge in [-0.15, -0.1) is 0 Å². The SMILES string of the molecule is COc1cc2cc(C#N)c(SCC(=O)NC3CCCCC3C)nc2cc1OC. The number of nitriles is 1. The second-order valence-electron chi connectivity index (χ2n) is 7.08. The maximum Gasteiger partial charge on any atom is 0.230 e. The number of amides is 1. The number of hydrogen-bond donors (Lipinski definition) is 1. The minimum absolute atomic E-state index is 0.0122. The van der Waals surface area contributed by atoms with Gasteiger partial charge < -0.3 is 14.8 Å². The predicted molar refractivity (Wildman–Crippen MR) is 110 cm³/mol. The van der Waals surface area contributed by atoms with Gasteiger partial charge in [-0.25, -0.2) is 4.98 Å². The molecule has 3 rings (SSSR count). The molecule has 1 heterocycles. The fraction of sp³-hybridized carbons (Fsp3) is 0.476. The smallest absolute Gasteiger partial charge is 0.230 e.